The Bertz CT molecular complexity index is 1340. The second-order valence-electron chi connectivity index (χ2n) is 16.6. The fourth-order valence-electron chi connectivity index (χ4n) is 7.08. The Balaban J connectivity index is 1.73. The van der Waals surface area contributed by atoms with Crippen molar-refractivity contribution in [3.8, 4) is 0 Å². The van der Waals surface area contributed by atoms with E-state index in [1.807, 2.05) is 12.2 Å². The van der Waals surface area contributed by atoms with E-state index in [4.69, 9.17) is 23.3 Å². The predicted molar refractivity (Wildman–Crippen MR) is 239 cm³/mol. The van der Waals surface area contributed by atoms with E-state index in [1.165, 1.54) is 64.2 Å². The minimum atomic E-state index is -5.14. The van der Waals surface area contributed by atoms with E-state index < -0.39 is 75.7 Å². The highest BCUT2D eigenvalue weighted by Crippen LogP contribution is 2.47. The molecule has 0 bridgehead atoms. The van der Waals surface area contributed by atoms with Crippen LogP contribution in [-0.4, -0.2) is 111 Å². The summed E-state index contributed by atoms with van der Waals surface area (Å²) in [5.74, 6) is -1.18. The lowest BCUT2D eigenvalue weighted by atomic mass is 9.85. The topological polar surface area (TPSA) is 222 Å². The van der Waals surface area contributed by atoms with Crippen LogP contribution >= 0.6 is 7.82 Å². The van der Waals surface area contributed by atoms with E-state index >= 15 is 0 Å². The number of phosphoric ester groups is 1. The molecule has 5 unspecified atom stereocenters. The maximum Gasteiger partial charge on any atom is 0.472 e. The molecular formula is C47H81O14P. The largest absolute Gasteiger partial charge is 0.472 e. The Labute approximate surface area is 371 Å². The zero-order chi connectivity index (χ0) is 45.4. The van der Waals surface area contributed by atoms with Gasteiger partial charge < -0.3 is 44.6 Å². The van der Waals surface area contributed by atoms with E-state index in [9.17, 15) is 44.6 Å². The molecular weight excluding hydrogens is 819 g/mol. The van der Waals surface area contributed by atoms with Crippen molar-refractivity contribution >= 4 is 19.8 Å². The number of carbonyl (C=O) groups is 2. The molecule has 14 nitrogen and oxygen atoms in total. The first-order chi connectivity index (χ1) is 29.9. The molecule has 1 aliphatic heterocycles. The van der Waals surface area contributed by atoms with E-state index in [1.54, 1.807) is 0 Å². The van der Waals surface area contributed by atoms with Gasteiger partial charge in [0.05, 0.1) is 18.8 Å². The summed E-state index contributed by atoms with van der Waals surface area (Å²) in [7, 11) is -5.14. The van der Waals surface area contributed by atoms with Gasteiger partial charge in [-0.1, -0.05) is 127 Å². The molecule has 0 spiro atoms. The van der Waals surface area contributed by atoms with Gasteiger partial charge in [-0.25, -0.2) is 4.57 Å². The Morgan fingerprint density at radius 1 is 0.565 bits per heavy atom. The summed E-state index contributed by atoms with van der Waals surface area (Å²) in [4.78, 5) is 35.7. The van der Waals surface area contributed by atoms with Gasteiger partial charge in [-0.15, -0.1) is 0 Å². The summed E-state index contributed by atoms with van der Waals surface area (Å²) in [6.45, 7) is 3.20. The van der Waals surface area contributed by atoms with Gasteiger partial charge in [0.2, 0.25) is 0 Å². The molecule has 1 saturated carbocycles. The first-order valence-electron chi connectivity index (χ1n) is 23.6. The molecule has 2 aliphatic rings. The van der Waals surface area contributed by atoms with E-state index in [-0.39, 0.29) is 18.9 Å². The van der Waals surface area contributed by atoms with Gasteiger partial charge in [0.1, 0.15) is 43.2 Å². The van der Waals surface area contributed by atoms with Gasteiger partial charge in [0.25, 0.3) is 0 Å². The Morgan fingerprint density at radius 2 is 1.02 bits per heavy atom. The number of ether oxygens (including phenoxy) is 3. The highest BCUT2D eigenvalue weighted by Gasteiger charge is 2.51. The summed E-state index contributed by atoms with van der Waals surface area (Å²) in [6, 6.07) is 0. The van der Waals surface area contributed by atoms with Crippen LogP contribution in [0.1, 0.15) is 168 Å². The number of epoxide rings is 1. The third-order valence-corrected chi connectivity index (χ3v) is 12.0. The lowest BCUT2D eigenvalue weighted by Gasteiger charge is -2.41. The van der Waals surface area contributed by atoms with Crippen LogP contribution in [0.15, 0.2) is 48.6 Å². The van der Waals surface area contributed by atoms with Crippen molar-refractivity contribution < 1.29 is 67.8 Å². The van der Waals surface area contributed by atoms with Crippen LogP contribution in [0.5, 0.6) is 0 Å². The SMILES string of the molecule is CCCCC/C=C\CC1OC1C/C=C\C/C=C\CCCC(=O)O[C@H](COC(=O)CCCCCCCCC/C=C\CCCCCC)COP(=O)(O)OC1[C@H](O)[C@H](O)C(O)[C@H](O)[C@H]1O. The molecule has 15 heteroatoms. The van der Waals surface area contributed by atoms with Crippen LogP contribution in [0, 0.1) is 0 Å². The molecule has 0 radical (unpaired) electrons. The minimum Gasteiger partial charge on any atom is -0.462 e. The average molecular weight is 901 g/mol. The molecule has 1 saturated heterocycles. The van der Waals surface area contributed by atoms with Crippen LogP contribution in [0.25, 0.3) is 0 Å². The Kier molecular flexibility index (Phi) is 30.8. The van der Waals surface area contributed by atoms with Crippen molar-refractivity contribution in [1.82, 2.24) is 0 Å². The first-order valence-corrected chi connectivity index (χ1v) is 25.1. The molecule has 1 aliphatic carbocycles. The third kappa shape index (κ3) is 25.9. The van der Waals surface area contributed by atoms with Crippen LogP contribution in [-0.2, 0) is 37.4 Å². The van der Waals surface area contributed by atoms with Crippen molar-refractivity contribution in [3.05, 3.63) is 48.6 Å². The maximum absolute atomic E-state index is 12.8. The van der Waals surface area contributed by atoms with Gasteiger partial charge in [-0.2, -0.15) is 0 Å². The molecule has 0 aromatic carbocycles. The van der Waals surface area contributed by atoms with Gasteiger partial charge >= 0.3 is 19.8 Å². The summed E-state index contributed by atoms with van der Waals surface area (Å²) < 4.78 is 39.2. The number of hydrogen-bond acceptors (Lipinski definition) is 13. The number of hydrogen-bond donors (Lipinski definition) is 6. The number of carbonyl (C=O) groups excluding carboxylic acids is 2. The molecule has 0 aromatic rings. The number of aliphatic hydroxyl groups excluding tert-OH is 5. The first kappa shape index (κ1) is 55.9. The highest BCUT2D eigenvalue weighted by atomic mass is 31.2. The molecule has 10 atom stereocenters. The third-order valence-electron chi connectivity index (χ3n) is 11.0. The Morgan fingerprint density at radius 3 is 1.65 bits per heavy atom. The molecule has 0 amide bonds. The summed E-state index contributed by atoms with van der Waals surface area (Å²) >= 11 is 0. The predicted octanol–water partition coefficient (Wildman–Crippen LogP) is 8.16. The maximum atomic E-state index is 12.8. The van der Waals surface area contributed by atoms with Gasteiger partial charge in [0, 0.05) is 12.8 Å². The van der Waals surface area contributed by atoms with Crippen LogP contribution in [0.4, 0.5) is 0 Å². The monoisotopic (exact) mass is 901 g/mol. The van der Waals surface area contributed by atoms with Crippen LogP contribution < -0.4 is 0 Å². The lowest BCUT2D eigenvalue weighted by molar-refractivity contribution is -0.220. The van der Waals surface area contributed by atoms with E-state index in [0.717, 1.165) is 57.8 Å². The van der Waals surface area contributed by atoms with Crippen molar-refractivity contribution in [3.63, 3.8) is 0 Å². The molecule has 1 heterocycles. The van der Waals surface area contributed by atoms with Crippen molar-refractivity contribution in [2.24, 2.45) is 0 Å². The minimum absolute atomic E-state index is 0.0136. The number of allylic oxidation sites excluding steroid dienone is 6. The molecule has 0 aromatic heterocycles. The van der Waals surface area contributed by atoms with E-state index in [2.05, 4.69) is 50.3 Å². The quantitative estimate of drug-likeness (QED) is 0.0114. The molecule has 2 fully saturated rings. The zero-order valence-electron chi connectivity index (χ0n) is 37.6. The highest BCUT2D eigenvalue weighted by molar-refractivity contribution is 7.47. The average Bonchev–Trinajstić information content (AvgIpc) is 4.01. The molecule has 62 heavy (non-hydrogen) atoms. The van der Waals surface area contributed by atoms with Gasteiger partial charge in [-0.05, 0) is 77.0 Å². The summed E-state index contributed by atoms with van der Waals surface area (Å²) in [5, 5.41) is 50.2. The lowest BCUT2D eigenvalue weighted by Crippen LogP contribution is -2.64. The van der Waals surface area contributed by atoms with E-state index in [0.29, 0.717) is 25.4 Å². The second-order valence-corrected chi connectivity index (χ2v) is 18.0. The molecule has 2 rings (SSSR count). The van der Waals surface area contributed by atoms with Crippen LogP contribution in [0.3, 0.4) is 0 Å². The normalized spacial score (nSPS) is 25.5. The fourth-order valence-corrected chi connectivity index (χ4v) is 8.05. The van der Waals surface area contributed by atoms with Crippen molar-refractivity contribution in [1.29, 1.82) is 0 Å². The summed E-state index contributed by atoms with van der Waals surface area (Å²) in [6.07, 6.45) is 27.6. The number of phosphoric acid groups is 1. The summed E-state index contributed by atoms with van der Waals surface area (Å²) in [5.41, 5.74) is 0. The fraction of sp³-hybridized carbons (Fsp3) is 0.787. The standard InChI is InChI=1S/C47H81O14P/c1-3-5-7-9-11-12-13-14-15-16-17-18-21-25-29-33-40(48)57-35-37(36-58-62(55,56)61-47-45(53)43(51)42(50)44(52)46(47)54)59-41(49)34-30-26-22-19-20-24-28-32-39-38(60-39)31-27-23-10-8-6-4-2/h12-13,19,22-24,27-28,37-39,42-47,50-54H,3-11,14-18,20-21,25-26,29-36H2,1-2H3,(H,55,56)/b13-12-,22-19-,27-23-,28-24-/t37-,38?,39?,42?,43-,44+,45-,46-,47?/m1/s1. The zero-order valence-corrected chi connectivity index (χ0v) is 38.5. The number of unbranched alkanes of at least 4 members (excludes halogenated alkanes) is 15. The molecule has 6 N–H and O–H groups in total. The number of aliphatic hydroxyl groups is 5. The second kappa shape index (κ2) is 34.2. The smallest absolute Gasteiger partial charge is 0.462 e. The van der Waals surface area contributed by atoms with Gasteiger partial charge in [0.15, 0.2) is 6.10 Å². The van der Waals surface area contributed by atoms with Crippen molar-refractivity contribution in [2.45, 2.75) is 223 Å². The Hall–Kier alpha value is -2.23. The van der Waals surface area contributed by atoms with Crippen molar-refractivity contribution in [2.75, 3.05) is 13.2 Å². The molecule has 358 valence electrons. The number of esters is 2. The van der Waals surface area contributed by atoms with Crippen LogP contribution in [0.2, 0.25) is 0 Å². The number of rotatable bonds is 37. The van der Waals surface area contributed by atoms with Gasteiger partial charge in [-0.3, -0.25) is 18.6 Å².